The number of rotatable bonds is 5. The number of hydrogen-bond donors (Lipinski definition) is 1. The molecular weight excluding hydrogens is 454 g/mol. The molecule has 4 rings (SSSR count). The number of nitrogens with one attached hydrogen (secondary N) is 1. The predicted octanol–water partition coefficient (Wildman–Crippen LogP) is 5.72. The van der Waals surface area contributed by atoms with Crippen LogP contribution in [0.5, 0.6) is 5.75 Å². The zero-order valence-corrected chi connectivity index (χ0v) is 18.5. The minimum Gasteiger partial charge on any atom is -0.497 e. The van der Waals surface area contributed by atoms with Crippen LogP contribution in [0.4, 0.5) is 11.4 Å². The van der Waals surface area contributed by atoms with Crippen molar-refractivity contribution in [1.29, 1.82) is 0 Å². The highest BCUT2D eigenvalue weighted by Gasteiger charge is 2.25. The number of benzene rings is 2. The molecule has 0 atom stereocenters. The summed E-state index contributed by atoms with van der Waals surface area (Å²) in [5.74, 6) is 0.734. The maximum atomic E-state index is 12.4. The van der Waals surface area contributed by atoms with Gasteiger partial charge in [-0.3, -0.25) is 14.9 Å². The van der Waals surface area contributed by atoms with Gasteiger partial charge in [0, 0.05) is 11.1 Å². The van der Waals surface area contributed by atoms with Crippen LogP contribution >= 0.6 is 23.4 Å². The molecule has 0 spiro atoms. The number of nitrogens with zero attached hydrogens (tertiary/aromatic N) is 2. The molecule has 1 aliphatic heterocycles. The Morgan fingerprint density at radius 3 is 2.81 bits per heavy atom. The van der Waals surface area contributed by atoms with Gasteiger partial charge in [-0.25, -0.2) is 4.99 Å². The van der Waals surface area contributed by atoms with Gasteiger partial charge in [0.25, 0.3) is 11.6 Å². The largest absolute Gasteiger partial charge is 0.497 e. The fourth-order valence-electron chi connectivity index (χ4n) is 3.01. The van der Waals surface area contributed by atoms with Crippen LogP contribution in [0, 0.1) is 17.0 Å². The number of amidine groups is 1. The monoisotopic (exact) mass is 469 g/mol. The predicted molar refractivity (Wildman–Crippen MR) is 124 cm³/mol. The molecule has 0 aliphatic carbocycles. The smallest absolute Gasteiger partial charge is 0.284 e. The summed E-state index contributed by atoms with van der Waals surface area (Å²) in [6.45, 7) is 1.85. The van der Waals surface area contributed by atoms with E-state index in [1.54, 1.807) is 42.5 Å². The maximum absolute atomic E-state index is 12.4. The summed E-state index contributed by atoms with van der Waals surface area (Å²) in [7, 11) is 1.44. The molecule has 1 saturated heterocycles. The first-order chi connectivity index (χ1) is 15.4. The molecule has 10 heteroatoms. The molecule has 0 saturated carbocycles. The van der Waals surface area contributed by atoms with E-state index < -0.39 is 4.92 Å². The molecule has 0 unspecified atom stereocenters. The first-order valence-corrected chi connectivity index (χ1v) is 10.5. The molecule has 1 N–H and O–H groups in total. The average molecular weight is 470 g/mol. The number of amides is 1. The average Bonchev–Trinajstić information content (AvgIpc) is 3.37. The van der Waals surface area contributed by atoms with E-state index in [9.17, 15) is 14.9 Å². The van der Waals surface area contributed by atoms with Crippen molar-refractivity contribution in [3.63, 3.8) is 0 Å². The van der Waals surface area contributed by atoms with Gasteiger partial charge >= 0.3 is 0 Å². The molecule has 2 aromatic carbocycles. The molecular formula is C22H16ClN3O5S. The Morgan fingerprint density at radius 2 is 2.06 bits per heavy atom. The summed E-state index contributed by atoms with van der Waals surface area (Å²) in [6, 6.07) is 13.1. The lowest BCUT2D eigenvalue weighted by molar-refractivity contribution is -0.384. The number of furan rings is 1. The van der Waals surface area contributed by atoms with E-state index in [-0.39, 0.29) is 11.6 Å². The Kier molecular flexibility index (Phi) is 6.02. The molecule has 1 fully saturated rings. The van der Waals surface area contributed by atoms with Gasteiger partial charge in [-0.05, 0) is 60.6 Å². The molecule has 0 bridgehead atoms. The van der Waals surface area contributed by atoms with E-state index in [1.807, 2.05) is 13.0 Å². The standard InChI is InChI=1S/C22H16ClN3O5S/c1-12-16(23)4-3-5-17(12)24-22-25-21(27)20(32-22)11-14-7-9-19(31-14)15-8-6-13(30-2)10-18(15)26(28)29/h3-11H,1-2H3,(H,24,25,27)/b20-11-. The van der Waals surface area contributed by atoms with Gasteiger partial charge in [0.2, 0.25) is 0 Å². The van der Waals surface area contributed by atoms with Crippen molar-refractivity contribution in [3.8, 4) is 17.1 Å². The molecule has 1 aliphatic rings. The molecule has 3 aromatic rings. The van der Waals surface area contributed by atoms with E-state index in [1.165, 1.54) is 13.2 Å². The second kappa shape index (κ2) is 8.89. The van der Waals surface area contributed by atoms with Crippen molar-refractivity contribution in [3.05, 3.63) is 79.9 Å². The van der Waals surface area contributed by atoms with Crippen molar-refractivity contribution in [2.75, 3.05) is 7.11 Å². The van der Waals surface area contributed by atoms with Crippen LogP contribution in [-0.4, -0.2) is 23.1 Å². The Labute approximate surface area is 192 Å². The summed E-state index contributed by atoms with van der Waals surface area (Å²) in [6.07, 6.45) is 1.56. The zero-order chi connectivity index (χ0) is 22.8. The number of ether oxygens (including phenoxy) is 1. The second-order valence-electron chi connectivity index (χ2n) is 6.71. The molecule has 162 valence electrons. The SMILES string of the molecule is COc1ccc(-c2ccc(/C=C3\SC(=Nc4cccc(Cl)c4C)NC3=O)o2)c([N+](=O)[O-])c1. The van der Waals surface area contributed by atoms with Crippen molar-refractivity contribution >= 4 is 51.9 Å². The highest BCUT2D eigenvalue weighted by atomic mass is 35.5. The number of methoxy groups -OCH3 is 1. The molecule has 32 heavy (non-hydrogen) atoms. The van der Waals surface area contributed by atoms with Crippen LogP contribution in [-0.2, 0) is 4.79 Å². The Hall–Kier alpha value is -3.56. The van der Waals surface area contributed by atoms with Crippen molar-refractivity contribution < 1.29 is 18.9 Å². The molecule has 2 heterocycles. The summed E-state index contributed by atoms with van der Waals surface area (Å²) >= 11 is 7.29. The lowest BCUT2D eigenvalue weighted by Gasteiger charge is -2.03. The van der Waals surface area contributed by atoms with Gasteiger partial charge in [-0.1, -0.05) is 17.7 Å². The zero-order valence-electron chi connectivity index (χ0n) is 16.9. The number of aliphatic imine (C=N–C) groups is 1. The molecule has 1 aromatic heterocycles. The minimum atomic E-state index is -0.501. The van der Waals surface area contributed by atoms with Crippen molar-refractivity contribution in [2.45, 2.75) is 6.92 Å². The van der Waals surface area contributed by atoms with E-state index in [0.717, 1.165) is 17.3 Å². The lowest BCUT2D eigenvalue weighted by atomic mass is 10.1. The van der Waals surface area contributed by atoms with Gasteiger partial charge in [-0.2, -0.15) is 0 Å². The first kappa shape index (κ1) is 21.7. The summed E-state index contributed by atoms with van der Waals surface area (Å²) in [5.41, 5.74) is 1.64. The van der Waals surface area contributed by atoms with Crippen molar-refractivity contribution in [2.24, 2.45) is 4.99 Å². The quantitative estimate of drug-likeness (QED) is 0.291. The van der Waals surface area contributed by atoms with E-state index >= 15 is 0 Å². The van der Waals surface area contributed by atoms with Crippen LogP contribution in [0.1, 0.15) is 11.3 Å². The van der Waals surface area contributed by atoms with Crippen LogP contribution in [0.3, 0.4) is 0 Å². The van der Waals surface area contributed by atoms with Crippen LogP contribution in [0.25, 0.3) is 17.4 Å². The fraction of sp³-hybridized carbons (Fsp3) is 0.0909. The van der Waals surface area contributed by atoms with Gasteiger partial charge in [-0.15, -0.1) is 0 Å². The maximum Gasteiger partial charge on any atom is 0.284 e. The van der Waals surface area contributed by atoms with Crippen molar-refractivity contribution in [1.82, 2.24) is 5.32 Å². The van der Waals surface area contributed by atoms with E-state index in [0.29, 0.717) is 43.6 Å². The number of nitro benzene ring substituents is 1. The number of thioether (sulfide) groups is 1. The van der Waals surface area contributed by atoms with Crippen LogP contribution in [0.2, 0.25) is 5.02 Å². The Bertz CT molecular complexity index is 1300. The fourth-order valence-corrected chi connectivity index (χ4v) is 3.99. The normalized spacial score (nSPS) is 15.9. The second-order valence-corrected chi connectivity index (χ2v) is 8.15. The van der Waals surface area contributed by atoms with E-state index in [2.05, 4.69) is 10.3 Å². The third kappa shape index (κ3) is 4.39. The summed E-state index contributed by atoms with van der Waals surface area (Å²) in [4.78, 5) is 28.2. The number of carbonyl (C=O) groups excluding carboxylic acids is 1. The van der Waals surface area contributed by atoms with Gasteiger partial charge in [0.05, 0.1) is 34.3 Å². The highest BCUT2D eigenvalue weighted by Crippen LogP contribution is 2.36. The topological polar surface area (TPSA) is 107 Å². The third-order valence-electron chi connectivity index (χ3n) is 4.68. The van der Waals surface area contributed by atoms with Crippen LogP contribution < -0.4 is 10.1 Å². The van der Waals surface area contributed by atoms with Gasteiger partial charge in [0.15, 0.2) is 5.17 Å². The highest BCUT2D eigenvalue weighted by molar-refractivity contribution is 8.18. The third-order valence-corrected chi connectivity index (χ3v) is 6.00. The van der Waals surface area contributed by atoms with Crippen LogP contribution in [0.15, 0.2) is 62.8 Å². The Balaban J connectivity index is 1.60. The molecule has 8 nitrogen and oxygen atoms in total. The van der Waals surface area contributed by atoms with Gasteiger partial charge in [0.1, 0.15) is 17.3 Å². The number of nitro groups is 1. The Morgan fingerprint density at radius 1 is 1.25 bits per heavy atom. The summed E-state index contributed by atoms with van der Waals surface area (Å²) in [5, 5.41) is 15.2. The summed E-state index contributed by atoms with van der Waals surface area (Å²) < 4.78 is 10.8. The lowest BCUT2D eigenvalue weighted by Crippen LogP contribution is -2.19. The number of carbonyl (C=O) groups is 1. The number of hydrogen-bond acceptors (Lipinski definition) is 7. The molecule has 1 amide bonds. The number of halogens is 1. The molecule has 0 radical (unpaired) electrons. The first-order valence-electron chi connectivity index (χ1n) is 9.33. The van der Waals surface area contributed by atoms with E-state index in [4.69, 9.17) is 20.8 Å². The minimum absolute atomic E-state index is 0.141. The van der Waals surface area contributed by atoms with Gasteiger partial charge < -0.3 is 14.5 Å².